The number of nitrogens with one attached hydrogen (secondary N) is 1. The summed E-state index contributed by atoms with van der Waals surface area (Å²) in [6, 6.07) is 7.67. The van der Waals surface area contributed by atoms with Crippen molar-refractivity contribution < 1.29 is 0 Å². The van der Waals surface area contributed by atoms with Gasteiger partial charge in [-0.3, -0.25) is 5.10 Å². The van der Waals surface area contributed by atoms with Crippen LogP contribution < -0.4 is 5.73 Å². The minimum atomic E-state index is 0.639. The van der Waals surface area contributed by atoms with Crippen molar-refractivity contribution in [3.05, 3.63) is 29.0 Å². The molecule has 4 nitrogen and oxygen atoms in total. The van der Waals surface area contributed by atoms with Crippen LogP contribution in [0.3, 0.4) is 0 Å². The molecule has 0 radical (unpaired) electrons. The highest BCUT2D eigenvalue weighted by molar-refractivity contribution is 7.71. The van der Waals surface area contributed by atoms with E-state index in [1.165, 1.54) is 0 Å². The molecular weight excluding hydrogens is 220 g/mol. The van der Waals surface area contributed by atoms with E-state index in [-0.39, 0.29) is 0 Å². The first-order valence-corrected chi connectivity index (χ1v) is 5.65. The molecule has 1 aromatic heterocycles. The maximum Gasteiger partial charge on any atom is 0.195 e. The van der Waals surface area contributed by atoms with Crippen molar-refractivity contribution in [1.82, 2.24) is 14.8 Å². The van der Waals surface area contributed by atoms with Crippen molar-refractivity contribution in [3.63, 3.8) is 0 Å². The fourth-order valence-electron chi connectivity index (χ4n) is 1.65. The molecule has 2 aromatic rings. The molecule has 84 valence electrons. The number of nitrogens with two attached hydrogens (primary N) is 1. The number of benzene rings is 1. The monoisotopic (exact) mass is 234 g/mol. The highest BCUT2D eigenvalue weighted by Gasteiger charge is 2.10. The molecular formula is C11H14N4S. The molecule has 5 heteroatoms. The van der Waals surface area contributed by atoms with Crippen LogP contribution in [0, 0.1) is 4.77 Å². The lowest BCUT2D eigenvalue weighted by Gasteiger charge is -2.06. The van der Waals surface area contributed by atoms with Crippen LogP contribution in [0.25, 0.3) is 11.4 Å². The van der Waals surface area contributed by atoms with E-state index in [9.17, 15) is 0 Å². The second kappa shape index (κ2) is 4.49. The number of H-pyrrole nitrogens is 1. The lowest BCUT2D eigenvalue weighted by molar-refractivity contribution is 0.675. The number of rotatable bonds is 3. The summed E-state index contributed by atoms with van der Waals surface area (Å²) in [4.78, 5) is 0. The molecule has 0 fully saturated rings. The van der Waals surface area contributed by atoms with Crippen molar-refractivity contribution in [2.45, 2.75) is 19.9 Å². The fourth-order valence-corrected chi connectivity index (χ4v) is 1.88. The number of anilines is 1. The Bertz CT molecular complexity index is 541. The minimum absolute atomic E-state index is 0.639. The summed E-state index contributed by atoms with van der Waals surface area (Å²) >= 11 is 5.19. The molecule has 0 bridgehead atoms. The lowest BCUT2D eigenvalue weighted by Crippen LogP contribution is -2.01. The van der Waals surface area contributed by atoms with Gasteiger partial charge in [-0.05, 0) is 30.8 Å². The predicted molar refractivity (Wildman–Crippen MR) is 67.6 cm³/mol. The van der Waals surface area contributed by atoms with Crippen LogP contribution in [0.1, 0.15) is 13.3 Å². The van der Waals surface area contributed by atoms with Gasteiger partial charge in [0.05, 0.1) is 0 Å². The van der Waals surface area contributed by atoms with E-state index < -0.39 is 0 Å². The van der Waals surface area contributed by atoms with Gasteiger partial charge in [-0.1, -0.05) is 19.1 Å². The van der Waals surface area contributed by atoms with Crippen LogP contribution in [-0.2, 0) is 6.54 Å². The third kappa shape index (κ3) is 1.86. The number of aromatic nitrogens is 3. The van der Waals surface area contributed by atoms with Gasteiger partial charge < -0.3 is 10.3 Å². The molecule has 0 aliphatic heterocycles. The molecule has 0 saturated carbocycles. The maximum absolute atomic E-state index is 5.93. The predicted octanol–water partition coefficient (Wildman–Crippen LogP) is 2.60. The molecule has 1 aromatic carbocycles. The first kappa shape index (κ1) is 10.9. The molecule has 0 unspecified atom stereocenters. The average molecular weight is 234 g/mol. The van der Waals surface area contributed by atoms with E-state index >= 15 is 0 Å². The summed E-state index contributed by atoms with van der Waals surface area (Å²) in [6.45, 7) is 2.95. The number of para-hydroxylation sites is 1. The highest BCUT2D eigenvalue weighted by atomic mass is 32.1. The van der Waals surface area contributed by atoms with Gasteiger partial charge in [0.15, 0.2) is 10.6 Å². The summed E-state index contributed by atoms with van der Waals surface area (Å²) in [5.41, 5.74) is 7.56. The molecule has 0 saturated heterocycles. The second-order valence-electron chi connectivity index (χ2n) is 3.59. The third-order valence-corrected chi connectivity index (χ3v) is 2.72. The van der Waals surface area contributed by atoms with Crippen LogP contribution in [0.4, 0.5) is 5.69 Å². The van der Waals surface area contributed by atoms with Gasteiger partial charge in [0.25, 0.3) is 0 Å². The van der Waals surface area contributed by atoms with Gasteiger partial charge in [0.1, 0.15) is 0 Å². The zero-order chi connectivity index (χ0) is 11.5. The molecule has 1 heterocycles. The zero-order valence-electron chi connectivity index (χ0n) is 9.10. The van der Waals surface area contributed by atoms with E-state index in [1.54, 1.807) is 0 Å². The smallest absolute Gasteiger partial charge is 0.195 e. The Labute approximate surface area is 99.1 Å². The first-order chi connectivity index (χ1) is 7.74. The topological polar surface area (TPSA) is 59.6 Å². The largest absolute Gasteiger partial charge is 0.398 e. The normalized spacial score (nSPS) is 10.6. The van der Waals surface area contributed by atoms with E-state index in [4.69, 9.17) is 18.0 Å². The van der Waals surface area contributed by atoms with Crippen molar-refractivity contribution in [2.24, 2.45) is 0 Å². The number of hydrogen-bond acceptors (Lipinski definition) is 3. The number of aromatic amines is 1. The Morgan fingerprint density at radius 3 is 2.88 bits per heavy atom. The van der Waals surface area contributed by atoms with Gasteiger partial charge in [0.2, 0.25) is 0 Å². The number of nitrogen functional groups attached to an aromatic ring is 1. The standard InChI is InChI=1S/C11H14N4S/c1-2-7-15-10(13-14-11(15)16)8-5-3-4-6-9(8)12/h3-6H,2,7,12H2,1H3,(H,14,16). The summed E-state index contributed by atoms with van der Waals surface area (Å²) in [5, 5.41) is 7.04. The van der Waals surface area contributed by atoms with E-state index in [1.807, 2.05) is 28.8 Å². The van der Waals surface area contributed by atoms with Crippen molar-refractivity contribution in [1.29, 1.82) is 0 Å². The van der Waals surface area contributed by atoms with Gasteiger partial charge in [0, 0.05) is 17.8 Å². The van der Waals surface area contributed by atoms with Crippen LogP contribution in [-0.4, -0.2) is 14.8 Å². The van der Waals surface area contributed by atoms with Gasteiger partial charge in [-0.2, -0.15) is 5.10 Å². The Hall–Kier alpha value is -1.62. The highest BCUT2D eigenvalue weighted by Crippen LogP contribution is 2.23. The molecule has 0 amide bonds. The Morgan fingerprint density at radius 1 is 1.44 bits per heavy atom. The first-order valence-electron chi connectivity index (χ1n) is 5.24. The van der Waals surface area contributed by atoms with E-state index in [0.29, 0.717) is 10.5 Å². The Balaban J connectivity index is 2.56. The Kier molecular flexibility index (Phi) is 3.05. The van der Waals surface area contributed by atoms with Gasteiger partial charge in [-0.25, -0.2) is 0 Å². The van der Waals surface area contributed by atoms with Gasteiger partial charge in [-0.15, -0.1) is 0 Å². The second-order valence-corrected chi connectivity index (χ2v) is 3.98. The molecule has 0 atom stereocenters. The molecule has 16 heavy (non-hydrogen) atoms. The van der Waals surface area contributed by atoms with Crippen LogP contribution in [0.5, 0.6) is 0 Å². The lowest BCUT2D eigenvalue weighted by atomic mass is 10.1. The average Bonchev–Trinajstić information content (AvgIpc) is 2.62. The quantitative estimate of drug-likeness (QED) is 0.634. The van der Waals surface area contributed by atoms with Crippen molar-refractivity contribution in [3.8, 4) is 11.4 Å². The number of hydrogen-bond donors (Lipinski definition) is 2. The van der Waals surface area contributed by atoms with E-state index in [2.05, 4.69) is 17.1 Å². The molecule has 0 spiro atoms. The maximum atomic E-state index is 5.93. The molecule has 3 N–H and O–H groups in total. The summed E-state index contributed by atoms with van der Waals surface area (Å²) < 4.78 is 2.61. The summed E-state index contributed by atoms with van der Waals surface area (Å²) in [7, 11) is 0. The van der Waals surface area contributed by atoms with Crippen LogP contribution in [0.15, 0.2) is 24.3 Å². The zero-order valence-corrected chi connectivity index (χ0v) is 9.92. The van der Waals surface area contributed by atoms with Crippen LogP contribution in [0.2, 0.25) is 0 Å². The van der Waals surface area contributed by atoms with Crippen molar-refractivity contribution >= 4 is 17.9 Å². The van der Waals surface area contributed by atoms with Crippen LogP contribution >= 0.6 is 12.2 Å². The summed E-state index contributed by atoms with van der Waals surface area (Å²) in [6.07, 6.45) is 1.01. The molecule has 2 rings (SSSR count). The van der Waals surface area contributed by atoms with E-state index in [0.717, 1.165) is 24.4 Å². The third-order valence-electron chi connectivity index (χ3n) is 2.41. The minimum Gasteiger partial charge on any atom is -0.398 e. The molecule has 0 aliphatic rings. The Morgan fingerprint density at radius 2 is 2.19 bits per heavy atom. The molecule has 0 aliphatic carbocycles. The SMILES string of the molecule is CCCn1c(-c2ccccc2N)n[nH]c1=S. The van der Waals surface area contributed by atoms with Gasteiger partial charge >= 0.3 is 0 Å². The van der Waals surface area contributed by atoms with Crippen molar-refractivity contribution in [2.75, 3.05) is 5.73 Å². The fraction of sp³-hybridized carbons (Fsp3) is 0.273. The summed E-state index contributed by atoms with van der Waals surface area (Å²) in [5.74, 6) is 0.810. The number of nitrogens with zero attached hydrogens (tertiary/aromatic N) is 2.